The lowest BCUT2D eigenvalue weighted by atomic mass is 9.81. The van der Waals surface area contributed by atoms with Crippen molar-refractivity contribution < 1.29 is 14.6 Å². The highest BCUT2D eigenvalue weighted by Crippen LogP contribution is 2.32. The van der Waals surface area contributed by atoms with Crippen molar-refractivity contribution in [2.45, 2.75) is 19.4 Å². The zero-order chi connectivity index (χ0) is 15.3. The van der Waals surface area contributed by atoms with Crippen LogP contribution in [0.5, 0.6) is 5.75 Å². The van der Waals surface area contributed by atoms with Crippen molar-refractivity contribution in [3.05, 3.63) is 27.7 Å². The largest absolute Gasteiger partial charge is 0.495 e. The van der Waals surface area contributed by atoms with Crippen molar-refractivity contribution in [1.29, 1.82) is 0 Å². The summed E-state index contributed by atoms with van der Waals surface area (Å²) in [6.45, 7) is 2.91. The van der Waals surface area contributed by atoms with E-state index >= 15 is 0 Å². The van der Waals surface area contributed by atoms with E-state index in [1.807, 2.05) is 6.07 Å². The summed E-state index contributed by atoms with van der Waals surface area (Å²) in [7, 11) is 1.56. The number of methoxy groups -OCH3 is 1. The van der Waals surface area contributed by atoms with Crippen molar-refractivity contribution in [2.24, 2.45) is 5.41 Å². The zero-order valence-electron chi connectivity index (χ0n) is 12.1. The highest BCUT2D eigenvalue weighted by molar-refractivity contribution is 6.34. The van der Waals surface area contributed by atoms with Gasteiger partial charge in [0.2, 0.25) is 0 Å². The van der Waals surface area contributed by atoms with Gasteiger partial charge >= 0.3 is 0 Å². The van der Waals surface area contributed by atoms with Crippen LogP contribution in [0.1, 0.15) is 18.4 Å². The maximum atomic E-state index is 9.65. The molecule has 0 saturated carbocycles. The number of hydrogen-bond donors (Lipinski definition) is 2. The Kier molecular flexibility index (Phi) is 6.14. The fraction of sp³-hybridized carbons (Fsp3) is 0.600. The minimum atomic E-state index is -0.0962. The molecule has 1 heterocycles. The molecular weight excluding hydrogens is 313 g/mol. The zero-order valence-corrected chi connectivity index (χ0v) is 13.6. The Morgan fingerprint density at radius 3 is 2.62 bits per heavy atom. The number of aliphatic hydroxyl groups excluding tert-OH is 1. The Balaban J connectivity index is 1.95. The molecule has 0 bridgehead atoms. The van der Waals surface area contributed by atoms with Gasteiger partial charge in [-0.05, 0) is 24.5 Å². The number of hydrogen-bond acceptors (Lipinski definition) is 4. The predicted molar refractivity (Wildman–Crippen MR) is 84.3 cm³/mol. The summed E-state index contributed by atoms with van der Waals surface area (Å²) in [5, 5.41) is 14.2. The highest BCUT2D eigenvalue weighted by Gasteiger charge is 2.31. The molecule has 0 atom stereocenters. The van der Waals surface area contributed by atoms with Gasteiger partial charge in [-0.25, -0.2) is 0 Å². The number of aliphatic hydroxyl groups is 1. The minimum Gasteiger partial charge on any atom is -0.495 e. The third-order valence-corrected chi connectivity index (χ3v) is 4.67. The van der Waals surface area contributed by atoms with Gasteiger partial charge in [-0.3, -0.25) is 0 Å². The molecule has 21 heavy (non-hydrogen) atoms. The van der Waals surface area contributed by atoms with Crippen LogP contribution in [-0.2, 0) is 11.3 Å². The topological polar surface area (TPSA) is 50.7 Å². The standard InChI is InChI=1S/C15H21Cl2NO3/c1-20-14-7-12(16)11(6-13(14)17)8-18-9-15(10-19)2-4-21-5-3-15/h6-7,18-19H,2-5,8-10H2,1H3. The Bertz CT molecular complexity index is 476. The van der Waals surface area contributed by atoms with E-state index in [2.05, 4.69) is 5.32 Å². The van der Waals surface area contributed by atoms with Gasteiger partial charge in [-0.2, -0.15) is 0 Å². The van der Waals surface area contributed by atoms with E-state index < -0.39 is 0 Å². The maximum absolute atomic E-state index is 9.65. The second-order valence-electron chi connectivity index (χ2n) is 5.45. The fourth-order valence-electron chi connectivity index (χ4n) is 2.52. The molecule has 2 N–H and O–H groups in total. The van der Waals surface area contributed by atoms with Crippen molar-refractivity contribution in [2.75, 3.05) is 33.5 Å². The Labute approximate surface area is 135 Å². The molecule has 0 amide bonds. The van der Waals surface area contributed by atoms with Gasteiger partial charge in [0.05, 0.1) is 18.7 Å². The fourth-order valence-corrected chi connectivity index (χ4v) is 3.00. The number of benzene rings is 1. The van der Waals surface area contributed by atoms with E-state index in [4.69, 9.17) is 32.7 Å². The van der Waals surface area contributed by atoms with Crippen LogP contribution < -0.4 is 10.1 Å². The predicted octanol–water partition coefficient (Wildman–Crippen LogP) is 2.88. The summed E-state index contributed by atoms with van der Waals surface area (Å²) in [5.74, 6) is 0.571. The first kappa shape index (κ1) is 16.8. The van der Waals surface area contributed by atoms with Gasteiger partial charge in [-0.15, -0.1) is 0 Å². The molecule has 1 fully saturated rings. The first-order valence-corrected chi connectivity index (χ1v) is 7.77. The molecule has 0 spiro atoms. The van der Waals surface area contributed by atoms with Gasteiger partial charge in [0.15, 0.2) is 0 Å². The van der Waals surface area contributed by atoms with E-state index in [9.17, 15) is 5.11 Å². The molecule has 6 heteroatoms. The first-order chi connectivity index (χ1) is 10.1. The molecule has 1 aliphatic heterocycles. The van der Waals surface area contributed by atoms with Gasteiger partial charge in [0.1, 0.15) is 5.75 Å². The van der Waals surface area contributed by atoms with E-state index in [1.165, 1.54) is 0 Å². The molecule has 0 aliphatic carbocycles. The van der Waals surface area contributed by atoms with Gasteiger partial charge < -0.3 is 19.9 Å². The summed E-state index contributed by atoms with van der Waals surface area (Å²) < 4.78 is 10.5. The van der Waals surface area contributed by atoms with Crippen LogP contribution in [0.4, 0.5) is 0 Å². The summed E-state index contributed by atoms with van der Waals surface area (Å²) in [6, 6.07) is 3.53. The Morgan fingerprint density at radius 2 is 2.00 bits per heavy atom. The van der Waals surface area contributed by atoms with Crippen LogP contribution >= 0.6 is 23.2 Å². The summed E-state index contributed by atoms with van der Waals surface area (Å²) in [4.78, 5) is 0. The van der Waals surface area contributed by atoms with Crippen molar-refractivity contribution in [3.8, 4) is 5.75 Å². The molecule has 2 rings (SSSR count). The molecule has 1 aliphatic rings. The molecule has 1 aromatic carbocycles. The van der Waals surface area contributed by atoms with Gasteiger partial charge in [0, 0.05) is 42.8 Å². The molecule has 0 radical (unpaired) electrons. The van der Waals surface area contributed by atoms with E-state index in [1.54, 1.807) is 13.2 Å². The van der Waals surface area contributed by atoms with E-state index in [0.717, 1.165) is 24.9 Å². The minimum absolute atomic E-state index is 0.0962. The second kappa shape index (κ2) is 7.65. The third-order valence-electron chi connectivity index (χ3n) is 4.03. The van der Waals surface area contributed by atoms with Crippen LogP contribution in [0.2, 0.25) is 10.0 Å². The number of ether oxygens (including phenoxy) is 2. The number of rotatable bonds is 6. The number of halogens is 2. The first-order valence-electron chi connectivity index (χ1n) is 7.01. The van der Waals surface area contributed by atoms with E-state index in [-0.39, 0.29) is 12.0 Å². The summed E-state index contributed by atoms with van der Waals surface area (Å²) in [6.07, 6.45) is 1.74. The van der Waals surface area contributed by atoms with Crippen LogP contribution in [0.3, 0.4) is 0 Å². The molecule has 4 nitrogen and oxygen atoms in total. The molecule has 1 saturated heterocycles. The normalized spacial score (nSPS) is 17.7. The summed E-state index contributed by atoms with van der Waals surface area (Å²) in [5.41, 5.74) is 0.823. The van der Waals surface area contributed by atoms with Crippen molar-refractivity contribution in [3.63, 3.8) is 0 Å². The lowest BCUT2D eigenvalue weighted by Crippen LogP contribution is -2.41. The molecule has 118 valence electrons. The van der Waals surface area contributed by atoms with Crippen LogP contribution in [0, 0.1) is 5.41 Å². The monoisotopic (exact) mass is 333 g/mol. The third kappa shape index (κ3) is 4.24. The Hall–Kier alpha value is -0.520. The van der Waals surface area contributed by atoms with Crippen LogP contribution in [-0.4, -0.2) is 38.6 Å². The lowest BCUT2D eigenvalue weighted by molar-refractivity contribution is -0.0154. The molecular formula is C15H21Cl2NO3. The van der Waals surface area contributed by atoms with Gasteiger partial charge in [0.25, 0.3) is 0 Å². The smallest absolute Gasteiger partial charge is 0.138 e. The Morgan fingerprint density at radius 1 is 1.29 bits per heavy atom. The SMILES string of the molecule is COc1cc(Cl)c(CNCC2(CO)CCOCC2)cc1Cl. The average Bonchev–Trinajstić information content (AvgIpc) is 2.51. The lowest BCUT2D eigenvalue weighted by Gasteiger charge is -2.35. The number of nitrogens with one attached hydrogen (secondary N) is 1. The highest BCUT2D eigenvalue weighted by atomic mass is 35.5. The average molecular weight is 334 g/mol. The van der Waals surface area contributed by atoms with Crippen LogP contribution in [0.25, 0.3) is 0 Å². The second-order valence-corrected chi connectivity index (χ2v) is 6.27. The van der Waals surface area contributed by atoms with Crippen molar-refractivity contribution >= 4 is 23.2 Å². The van der Waals surface area contributed by atoms with Crippen molar-refractivity contribution in [1.82, 2.24) is 5.32 Å². The quantitative estimate of drug-likeness (QED) is 0.840. The molecule has 0 aromatic heterocycles. The van der Waals surface area contributed by atoms with Crippen LogP contribution in [0.15, 0.2) is 12.1 Å². The summed E-state index contributed by atoms with van der Waals surface area (Å²) >= 11 is 12.3. The molecule has 0 unspecified atom stereocenters. The molecule has 1 aromatic rings. The van der Waals surface area contributed by atoms with E-state index in [0.29, 0.717) is 35.6 Å². The van der Waals surface area contributed by atoms with Gasteiger partial charge in [-0.1, -0.05) is 23.2 Å². The maximum Gasteiger partial charge on any atom is 0.138 e.